The van der Waals surface area contributed by atoms with Crippen molar-refractivity contribution in [2.45, 2.75) is 11.8 Å². The first-order valence-corrected chi connectivity index (χ1v) is 7.32. The van der Waals surface area contributed by atoms with Crippen molar-refractivity contribution in [1.29, 1.82) is 0 Å². The molecule has 21 heavy (non-hydrogen) atoms. The van der Waals surface area contributed by atoms with E-state index in [9.17, 15) is 9.59 Å². The van der Waals surface area contributed by atoms with Gasteiger partial charge in [-0.05, 0) is 11.1 Å². The molecule has 0 spiro atoms. The maximum Gasteiger partial charge on any atom is 0.329 e. The van der Waals surface area contributed by atoms with Crippen molar-refractivity contribution < 1.29 is 14.3 Å². The molecule has 0 aliphatic rings. The highest BCUT2D eigenvalue weighted by atomic mass is 32.2. The van der Waals surface area contributed by atoms with Crippen molar-refractivity contribution in [3.05, 3.63) is 46.3 Å². The molecule has 0 aromatic heterocycles. The van der Waals surface area contributed by atoms with Crippen LogP contribution in [0.15, 0.2) is 35.4 Å². The smallest absolute Gasteiger partial charge is 0.329 e. The molecule has 1 rings (SSSR count). The van der Waals surface area contributed by atoms with Crippen molar-refractivity contribution >= 4 is 23.6 Å². The van der Waals surface area contributed by atoms with Gasteiger partial charge < -0.3 is 10.1 Å². The minimum atomic E-state index is -0.759. The first-order valence-electron chi connectivity index (χ1n) is 6.17. The molecule has 0 fully saturated rings. The summed E-state index contributed by atoms with van der Waals surface area (Å²) in [6.45, 7) is -0.340. The molecule has 7 nitrogen and oxygen atoms in total. The number of nitrogens with one attached hydrogen (secondary N) is 1. The molecule has 8 heteroatoms. The van der Waals surface area contributed by atoms with Crippen LogP contribution in [0.1, 0.15) is 5.56 Å². The van der Waals surface area contributed by atoms with Crippen LogP contribution in [0, 0.1) is 0 Å². The van der Waals surface area contributed by atoms with Crippen molar-refractivity contribution in [2.75, 3.05) is 19.4 Å². The van der Waals surface area contributed by atoms with E-state index in [2.05, 4.69) is 20.1 Å². The van der Waals surface area contributed by atoms with Crippen LogP contribution in [-0.2, 0) is 20.1 Å². The molecule has 0 radical (unpaired) electrons. The Bertz CT molecular complexity index is 517. The molecule has 1 N–H and O–H groups in total. The lowest BCUT2D eigenvalue weighted by atomic mass is 10.2. The van der Waals surface area contributed by atoms with Gasteiger partial charge in [0.05, 0.1) is 7.11 Å². The number of ether oxygens (including phenoxy) is 1. The van der Waals surface area contributed by atoms with E-state index in [-0.39, 0.29) is 6.54 Å². The highest BCUT2D eigenvalue weighted by Crippen LogP contribution is 2.13. The van der Waals surface area contributed by atoms with Gasteiger partial charge in [-0.15, -0.1) is 0 Å². The Morgan fingerprint density at radius 3 is 2.76 bits per heavy atom. The van der Waals surface area contributed by atoms with E-state index >= 15 is 0 Å². The third-order valence-electron chi connectivity index (χ3n) is 2.49. The topological polar surface area (TPSA) is 104 Å². The molecular weight excluding hydrogens is 292 g/mol. The summed E-state index contributed by atoms with van der Waals surface area (Å²) in [6, 6.07) is 9.03. The molecule has 0 aliphatic heterocycles. The van der Waals surface area contributed by atoms with Gasteiger partial charge in [0, 0.05) is 16.4 Å². The lowest BCUT2D eigenvalue weighted by Gasteiger charge is -2.15. The number of thioether (sulfide) groups is 1. The second kappa shape index (κ2) is 9.68. The lowest BCUT2D eigenvalue weighted by molar-refractivity contribution is -0.144. The molecule has 0 aliphatic carbocycles. The number of azide groups is 1. The largest absolute Gasteiger partial charge is 0.467 e. The summed E-state index contributed by atoms with van der Waals surface area (Å²) < 4.78 is 4.65. The second-order valence-corrected chi connectivity index (χ2v) is 5.06. The van der Waals surface area contributed by atoms with Crippen LogP contribution in [0.5, 0.6) is 0 Å². The Labute approximate surface area is 126 Å². The zero-order valence-electron chi connectivity index (χ0n) is 11.6. The number of hydrogen-bond acceptors (Lipinski definition) is 5. The third-order valence-corrected chi connectivity index (χ3v) is 3.60. The van der Waals surface area contributed by atoms with Crippen LogP contribution in [0.4, 0.5) is 0 Å². The van der Waals surface area contributed by atoms with E-state index in [0.29, 0.717) is 5.75 Å². The normalized spacial score (nSPS) is 11.1. The number of carbonyl (C=O) groups is 2. The van der Waals surface area contributed by atoms with E-state index in [0.717, 1.165) is 11.3 Å². The maximum atomic E-state index is 11.6. The number of rotatable bonds is 8. The first-order chi connectivity index (χ1) is 10.2. The molecule has 0 saturated carbocycles. The second-order valence-electron chi connectivity index (χ2n) is 4.03. The Morgan fingerprint density at radius 1 is 1.43 bits per heavy atom. The first kappa shape index (κ1) is 16.9. The molecule has 0 heterocycles. The predicted molar refractivity (Wildman–Crippen MR) is 80.6 cm³/mol. The molecule has 1 atom stereocenters. The van der Waals surface area contributed by atoms with E-state index in [1.165, 1.54) is 18.9 Å². The van der Waals surface area contributed by atoms with Crippen LogP contribution in [0.3, 0.4) is 0 Å². The summed E-state index contributed by atoms with van der Waals surface area (Å²) in [5.74, 6) is 0.0674. The van der Waals surface area contributed by atoms with Crippen molar-refractivity contribution in [2.24, 2.45) is 5.11 Å². The molecule has 1 aromatic carbocycles. The maximum absolute atomic E-state index is 11.6. The summed E-state index contributed by atoms with van der Waals surface area (Å²) in [5.41, 5.74) is 9.29. The van der Waals surface area contributed by atoms with Gasteiger partial charge in [-0.2, -0.15) is 11.8 Å². The molecule has 112 valence electrons. The monoisotopic (exact) mass is 308 g/mol. The molecular formula is C13H16N4O3S. The van der Waals surface area contributed by atoms with Crippen molar-refractivity contribution in [3.63, 3.8) is 0 Å². The summed E-state index contributed by atoms with van der Waals surface area (Å²) >= 11 is 1.50. The third kappa shape index (κ3) is 6.69. The molecule has 1 amide bonds. The van der Waals surface area contributed by atoms with Gasteiger partial charge in [-0.25, -0.2) is 4.79 Å². The highest BCUT2D eigenvalue weighted by Gasteiger charge is 2.21. The Morgan fingerprint density at radius 2 is 2.14 bits per heavy atom. The molecule has 0 unspecified atom stereocenters. The number of methoxy groups -OCH3 is 1. The van der Waals surface area contributed by atoms with Crippen LogP contribution >= 0.6 is 11.8 Å². The van der Waals surface area contributed by atoms with Crippen LogP contribution < -0.4 is 5.32 Å². The average Bonchev–Trinajstić information content (AvgIpc) is 2.52. The number of carbonyl (C=O) groups excluding carboxylic acids is 2. The van der Waals surface area contributed by atoms with Crippen LogP contribution in [0.25, 0.3) is 10.4 Å². The quantitative estimate of drug-likeness (QED) is 0.342. The van der Waals surface area contributed by atoms with Gasteiger partial charge in [0.1, 0.15) is 12.6 Å². The predicted octanol–water partition coefficient (Wildman–Crippen LogP) is 1.89. The van der Waals surface area contributed by atoms with Gasteiger partial charge in [0.2, 0.25) is 5.91 Å². The summed E-state index contributed by atoms with van der Waals surface area (Å²) in [7, 11) is 1.26. The highest BCUT2D eigenvalue weighted by molar-refractivity contribution is 7.98. The zero-order chi connectivity index (χ0) is 15.5. The Kier molecular flexibility index (Phi) is 7.78. The summed E-state index contributed by atoms with van der Waals surface area (Å²) in [6.07, 6.45) is 0. The fourth-order valence-corrected chi connectivity index (χ4v) is 2.52. The number of esters is 1. The zero-order valence-corrected chi connectivity index (χ0v) is 12.4. The number of amides is 1. The van der Waals surface area contributed by atoms with Gasteiger partial charge >= 0.3 is 5.97 Å². The van der Waals surface area contributed by atoms with E-state index in [4.69, 9.17) is 5.53 Å². The molecule has 1 aromatic rings. The van der Waals surface area contributed by atoms with Gasteiger partial charge in [0.25, 0.3) is 0 Å². The number of nitrogens with zero attached hydrogens (tertiary/aromatic N) is 3. The molecule has 0 bridgehead atoms. The average molecular weight is 308 g/mol. The van der Waals surface area contributed by atoms with Crippen LogP contribution in [0.2, 0.25) is 0 Å². The fraction of sp³-hybridized carbons (Fsp3) is 0.385. The Balaban J connectivity index is 2.48. The number of benzene rings is 1. The summed E-state index contributed by atoms with van der Waals surface area (Å²) in [4.78, 5) is 25.6. The van der Waals surface area contributed by atoms with E-state index in [1.54, 1.807) is 0 Å². The van der Waals surface area contributed by atoms with E-state index < -0.39 is 17.9 Å². The van der Waals surface area contributed by atoms with Gasteiger partial charge in [-0.1, -0.05) is 35.4 Å². The van der Waals surface area contributed by atoms with Gasteiger partial charge in [0.15, 0.2) is 0 Å². The molecule has 0 saturated heterocycles. The number of hydrogen-bond donors (Lipinski definition) is 1. The minimum absolute atomic E-state index is 0.340. The van der Waals surface area contributed by atoms with E-state index in [1.807, 2.05) is 30.3 Å². The van der Waals surface area contributed by atoms with Gasteiger partial charge in [-0.3, -0.25) is 4.79 Å². The van der Waals surface area contributed by atoms with Crippen molar-refractivity contribution in [3.8, 4) is 0 Å². The Hall–Kier alpha value is -2.18. The fourth-order valence-electron chi connectivity index (χ4n) is 1.52. The lowest BCUT2D eigenvalue weighted by Crippen LogP contribution is -2.44. The summed E-state index contributed by atoms with van der Waals surface area (Å²) in [5, 5.41) is 5.64. The minimum Gasteiger partial charge on any atom is -0.467 e. The van der Waals surface area contributed by atoms with Crippen molar-refractivity contribution in [1.82, 2.24) is 5.32 Å². The standard InChI is InChI=1S/C13H16N4O3S/c1-20-13(19)11(16-12(18)7-15-17-14)9-21-8-10-5-3-2-4-6-10/h2-6,11H,7-9H2,1H3,(H,16,18)/t11-/m0/s1. The SMILES string of the molecule is COC(=O)[C@H](CSCc1ccccc1)NC(=O)CN=[N+]=[N-]. The van der Waals surface area contributed by atoms with Crippen LogP contribution in [-0.4, -0.2) is 37.3 Å².